The summed E-state index contributed by atoms with van der Waals surface area (Å²) in [6.45, 7) is 0.999. The lowest BCUT2D eigenvalue weighted by Gasteiger charge is -2.26. The van der Waals surface area contributed by atoms with Gasteiger partial charge in [-0.05, 0) is 47.5 Å². The minimum Gasteiger partial charge on any atom is -0.428 e. The second-order valence-corrected chi connectivity index (χ2v) is 12.4. The second kappa shape index (κ2) is 8.20. The van der Waals surface area contributed by atoms with Crippen molar-refractivity contribution in [1.82, 2.24) is 0 Å². The predicted molar refractivity (Wildman–Crippen MR) is 104 cm³/mol. The standard InChI is InChI=1S/C17H23NO2PS2/c1-18(2,3)14-15-23-21(22,19-16-10-6-4-7-11-16)20-17-12-8-5-9-13-17/h4-13H,14-15H2,1-3H3/q+1. The SMILES string of the molecule is C[N+](C)(C)CCSP(=S)(Oc1ccccc1)Oc1ccccc1. The van der Waals surface area contributed by atoms with E-state index in [9.17, 15) is 0 Å². The molecule has 0 amide bonds. The highest BCUT2D eigenvalue weighted by Gasteiger charge is 2.25. The van der Waals surface area contributed by atoms with Crippen LogP contribution in [-0.2, 0) is 11.8 Å². The van der Waals surface area contributed by atoms with Gasteiger partial charge in [0.1, 0.15) is 11.5 Å². The molecule has 0 N–H and O–H groups in total. The molecule has 3 nitrogen and oxygen atoms in total. The molecule has 0 saturated carbocycles. The molecule has 0 radical (unpaired) electrons. The van der Waals surface area contributed by atoms with E-state index in [0.717, 1.165) is 28.3 Å². The number of hydrogen-bond donors (Lipinski definition) is 0. The summed E-state index contributed by atoms with van der Waals surface area (Å²) in [5.74, 6) is 2.40. The van der Waals surface area contributed by atoms with Crippen molar-refractivity contribution >= 4 is 28.9 Å². The van der Waals surface area contributed by atoms with E-state index in [-0.39, 0.29) is 0 Å². The van der Waals surface area contributed by atoms with Crippen LogP contribution in [0, 0.1) is 0 Å². The fourth-order valence-electron chi connectivity index (χ4n) is 1.72. The fourth-order valence-corrected chi connectivity index (χ4v) is 6.41. The van der Waals surface area contributed by atoms with Gasteiger partial charge in [0, 0.05) is 0 Å². The molecule has 2 rings (SSSR count). The van der Waals surface area contributed by atoms with Crippen LogP contribution < -0.4 is 9.05 Å². The van der Waals surface area contributed by atoms with Gasteiger partial charge in [0.2, 0.25) is 0 Å². The molecule has 0 spiro atoms. The summed E-state index contributed by atoms with van der Waals surface area (Å²) < 4.78 is 13.0. The van der Waals surface area contributed by atoms with Crippen LogP contribution in [0.25, 0.3) is 0 Å². The molecule has 6 heteroatoms. The molecule has 0 aliphatic carbocycles. The number of para-hydroxylation sites is 2. The Kier molecular flexibility index (Phi) is 6.54. The van der Waals surface area contributed by atoms with E-state index in [1.54, 1.807) is 11.4 Å². The minimum atomic E-state index is -2.51. The topological polar surface area (TPSA) is 18.5 Å². The third kappa shape index (κ3) is 6.96. The van der Waals surface area contributed by atoms with Crippen molar-refractivity contribution in [1.29, 1.82) is 0 Å². The maximum absolute atomic E-state index is 6.08. The van der Waals surface area contributed by atoms with Crippen LogP contribution in [0.2, 0.25) is 0 Å². The first-order valence-electron chi connectivity index (χ1n) is 7.41. The van der Waals surface area contributed by atoms with Crippen LogP contribution in [-0.4, -0.2) is 37.9 Å². The van der Waals surface area contributed by atoms with Gasteiger partial charge >= 0.3 is 5.69 Å². The van der Waals surface area contributed by atoms with E-state index >= 15 is 0 Å². The molecule has 2 aromatic rings. The van der Waals surface area contributed by atoms with Gasteiger partial charge in [0.15, 0.2) is 0 Å². The average molecular weight is 368 g/mol. The number of nitrogens with zero attached hydrogens (tertiary/aromatic N) is 1. The number of rotatable bonds is 8. The Labute approximate surface area is 148 Å². The van der Waals surface area contributed by atoms with Crippen LogP contribution in [0.5, 0.6) is 11.5 Å². The summed E-state index contributed by atoms with van der Waals surface area (Å²) in [5, 5.41) is 0. The molecule has 0 saturated heterocycles. The molecule has 0 fully saturated rings. The van der Waals surface area contributed by atoms with Gasteiger partial charge < -0.3 is 13.5 Å². The highest BCUT2D eigenvalue weighted by atomic mass is 32.9. The van der Waals surface area contributed by atoms with Gasteiger partial charge in [0.25, 0.3) is 0 Å². The highest BCUT2D eigenvalue weighted by molar-refractivity contribution is 8.68. The molecule has 0 atom stereocenters. The molecule has 0 unspecified atom stereocenters. The summed E-state index contributed by atoms with van der Waals surface area (Å²) >= 11 is 7.38. The number of hydrogen-bond acceptors (Lipinski definition) is 4. The van der Waals surface area contributed by atoms with Crippen LogP contribution >= 0.6 is 17.1 Å². The normalized spacial score (nSPS) is 12.0. The largest absolute Gasteiger partial charge is 0.428 e. The van der Waals surface area contributed by atoms with Gasteiger partial charge in [-0.15, -0.1) is 0 Å². The van der Waals surface area contributed by atoms with Crippen LogP contribution in [0.3, 0.4) is 0 Å². The highest BCUT2D eigenvalue weighted by Crippen LogP contribution is 2.59. The van der Waals surface area contributed by atoms with Gasteiger partial charge in [-0.3, -0.25) is 0 Å². The Morgan fingerprint density at radius 3 is 1.70 bits per heavy atom. The van der Waals surface area contributed by atoms with Crippen molar-refractivity contribution in [2.75, 3.05) is 33.4 Å². The Hall–Kier alpha value is -1.00. The zero-order valence-electron chi connectivity index (χ0n) is 13.7. The maximum atomic E-state index is 6.08. The summed E-state index contributed by atoms with van der Waals surface area (Å²) in [7, 11) is 6.50. The van der Waals surface area contributed by atoms with Crippen molar-refractivity contribution < 1.29 is 13.5 Å². The van der Waals surface area contributed by atoms with Crippen molar-refractivity contribution in [3.63, 3.8) is 0 Å². The first-order valence-corrected chi connectivity index (χ1v) is 11.6. The quantitative estimate of drug-likeness (QED) is 0.491. The molecule has 0 aliphatic heterocycles. The lowest BCUT2D eigenvalue weighted by Crippen LogP contribution is -2.36. The predicted octanol–water partition coefficient (Wildman–Crippen LogP) is 4.81. The minimum absolute atomic E-state index is 0.754. The molecule has 2 aromatic carbocycles. The summed E-state index contributed by atoms with van der Waals surface area (Å²) in [6, 6.07) is 19.3. The Balaban J connectivity index is 2.11. The third-order valence-corrected chi connectivity index (χ3v) is 7.82. The lowest BCUT2D eigenvalue weighted by atomic mass is 10.3. The third-order valence-electron chi connectivity index (χ3n) is 2.93. The molecular weight excluding hydrogens is 345 g/mol. The van der Waals surface area contributed by atoms with Crippen molar-refractivity contribution in [2.24, 2.45) is 0 Å². The van der Waals surface area contributed by atoms with E-state index in [4.69, 9.17) is 20.9 Å². The van der Waals surface area contributed by atoms with Crippen molar-refractivity contribution in [3.05, 3.63) is 60.7 Å². The Morgan fingerprint density at radius 1 is 0.870 bits per heavy atom. The first-order chi connectivity index (χ1) is 10.9. The van der Waals surface area contributed by atoms with E-state index in [1.807, 2.05) is 60.7 Å². The molecule has 0 heterocycles. The van der Waals surface area contributed by atoms with E-state index in [0.29, 0.717) is 0 Å². The molecule has 23 heavy (non-hydrogen) atoms. The molecule has 0 bridgehead atoms. The lowest BCUT2D eigenvalue weighted by molar-refractivity contribution is -0.867. The second-order valence-electron chi connectivity index (χ2n) is 6.10. The van der Waals surface area contributed by atoms with Crippen LogP contribution in [0.1, 0.15) is 0 Å². The summed E-state index contributed by atoms with van der Waals surface area (Å²) in [6.07, 6.45) is 0. The maximum Gasteiger partial charge on any atom is 0.348 e. The van der Waals surface area contributed by atoms with E-state index < -0.39 is 5.69 Å². The average Bonchev–Trinajstić information content (AvgIpc) is 2.47. The van der Waals surface area contributed by atoms with E-state index in [2.05, 4.69) is 21.1 Å². The van der Waals surface area contributed by atoms with Gasteiger partial charge in [-0.1, -0.05) is 36.4 Å². The number of quaternary nitrogens is 1. The van der Waals surface area contributed by atoms with Gasteiger partial charge in [-0.2, -0.15) is 0 Å². The fraction of sp³-hybridized carbons (Fsp3) is 0.294. The van der Waals surface area contributed by atoms with Crippen molar-refractivity contribution in [2.45, 2.75) is 0 Å². The number of benzene rings is 2. The van der Waals surface area contributed by atoms with Crippen LogP contribution in [0.15, 0.2) is 60.7 Å². The Bertz CT molecular complexity index is 599. The van der Waals surface area contributed by atoms with Crippen LogP contribution in [0.4, 0.5) is 0 Å². The molecule has 0 aliphatic rings. The monoisotopic (exact) mass is 368 g/mol. The molecule has 124 valence electrons. The van der Waals surface area contributed by atoms with Crippen molar-refractivity contribution in [3.8, 4) is 11.5 Å². The summed E-state index contributed by atoms with van der Waals surface area (Å²) in [4.78, 5) is 0. The first kappa shape index (κ1) is 18.3. The van der Waals surface area contributed by atoms with Gasteiger partial charge in [0.05, 0.1) is 33.4 Å². The molecule has 0 aromatic heterocycles. The summed E-state index contributed by atoms with van der Waals surface area (Å²) in [5.41, 5.74) is -2.51. The zero-order valence-corrected chi connectivity index (χ0v) is 16.2. The van der Waals surface area contributed by atoms with E-state index in [1.165, 1.54) is 0 Å². The molecular formula is C17H23NO2PS2+. The van der Waals surface area contributed by atoms with Gasteiger partial charge in [-0.25, -0.2) is 0 Å². The Morgan fingerprint density at radius 2 is 1.30 bits per heavy atom. The smallest absolute Gasteiger partial charge is 0.348 e. The zero-order chi connectivity index (χ0) is 16.8.